The summed E-state index contributed by atoms with van der Waals surface area (Å²) in [6.07, 6.45) is 0. The average molecular weight is 270 g/mol. The van der Waals surface area contributed by atoms with Gasteiger partial charge in [-0.3, -0.25) is 4.79 Å². The Labute approximate surface area is 118 Å². The number of aryl methyl sites for hydroxylation is 2. The van der Waals surface area contributed by atoms with Gasteiger partial charge in [-0.25, -0.2) is 0 Å². The van der Waals surface area contributed by atoms with Crippen LogP contribution in [0.1, 0.15) is 11.1 Å². The first-order chi connectivity index (χ1) is 9.56. The molecule has 1 amide bonds. The number of nitrogens with one attached hydrogen (secondary N) is 1. The topological polar surface area (TPSA) is 64.3 Å². The molecule has 3 N–H and O–H groups in total. The van der Waals surface area contributed by atoms with Gasteiger partial charge < -0.3 is 15.8 Å². The predicted octanol–water partition coefficient (Wildman–Crippen LogP) is 2.90. The summed E-state index contributed by atoms with van der Waals surface area (Å²) < 4.78 is 5.42. The lowest BCUT2D eigenvalue weighted by Crippen LogP contribution is -2.21. The number of hydrogen-bond donors (Lipinski definition) is 2. The molecular weight excluding hydrogens is 252 g/mol. The number of para-hydroxylation sites is 1. The van der Waals surface area contributed by atoms with E-state index in [0.717, 1.165) is 11.1 Å². The fraction of sp³-hybridized carbons (Fsp3) is 0.188. The van der Waals surface area contributed by atoms with Crippen LogP contribution in [0.4, 0.5) is 11.4 Å². The zero-order valence-electron chi connectivity index (χ0n) is 11.6. The molecule has 2 aromatic rings. The first-order valence-corrected chi connectivity index (χ1v) is 6.40. The molecule has 0 radical (unpaired) electrons. The van der Waals surface area contributed by atoms with Gasteiger partial charge >= 0.3 is 0 Å². The fourth-order valence-corrected chi connectivity index (χ4v) is 1.82. The van der Waals surface area contributed by atoms with Gasteiger partial charge in [0.2, 0.25) is 0 Å². The Bertz CT molecular complexity index is 586. The fourth-order valence-electron chi connectivity index (χ4n) is 1.82. The number of rotatable bonds is 4. The number of ether oxygens (including phenoxy) is 1. The van der Waals surface area contributed by atoms with Gasteiger partial charge in [0.25, 0.3) is 5.91 Å². The quantitative estimate of drug-likeness (QED) is 0.840. The molecule has 0 atom stereocenters. The minimum absolute atomic E-state index is 0.0448. The molecule has 4 heteroatoms. The van der Waals surface area contributed by atoms with E-state index in [2.05, 4.69) is 5.32 Å². The van der Waals surface area contributed by atoms with E-state index >= 15 is 0 Å². The van der Waals surface area contributed by atoms with Gasteiger partial charge in [0.1, 0.15) is 5.75 Å². The summed E-state index contributed by atoms with van der Waals surface area (Å²) in [5.41, 5.74) is 9.10. The highest BCUT2D eigenvalue weighted by Crippen LogP contribution is 2.22. The lowest BCUT2D eigenvalue weighted by Gasteiger charge is -2.11. The highest BCUT2D eigenvalue weighted by atomic mass is 16.5. The van der Waals surface area contributed by atoms with Gasteiger partial charge in [-0.05, 0) is 37.6 Å². The summed E-state index contributed by atoms with van der Waals surface area (Å²) in [6.45, 7) is 3.85. The molecule has 0 aliphatic heterocycles. The van der Waals surface area contributed by atoms with Crippen molar-refractivity contribution in [2.24, 2.45) is 0 Å². The van der Waals surface area contributed by atoms with Crippen molar-refractivity contribution in [3.8, 4) is 5.75 Å². The summed E-state index contributed by atoms with van der Waals surface area (Å²) in [5.74, 6) is 0.440. The second kappa shape index (κ2) is 6.10. The smallest absolute Gasteiger partial charge is 0.262 e. The summed E-state index contributed by atoms with van der Waals surface area (Å²) in [4.78, 5) is 11.9. The maximum atomic E-state index is 11.9. The van der Waals surface area contributed by atoms with E-state index in [0.29, 0.717) is 17.1 Å². The SMILES string of the molecule is Cc1ccc(OCC(=O)Nc2c(C)cccc2N)cc1. The molecule has 0 saturated carbocycles. The van der Waals surface area contributed by atoms with Crippen LogP contribution in [-0.2, 0) is 4.79 Å². The molecule has 104 valence electrons. The van der Waals surface area contributed by atoms with Crippen LogP contribution in [0, 0.1) is 13.8 Å². The molecular formula is C16H18N2O2. The van der Waals surface area contributed by atoms with Crippen molar-refractivity contribution < 1.29 is 9.53 Å². The van der Waals surface area contributed by atoms with Crippen LogP contribution in [0.3, 0.4) is 0 Å². The van der Waals surface area contributed by atoms with E-state index in [1.54, 1.807) is 6.07 Å². The number of hydrogen-bond acceptors (Lipinski definition) is 3. The number of benzene rings is 2. The van der Waals surface area contributed by atoms with Crippen LogP contribution >= 0.6 is 0 Å². The van der Waals surface area contributed by atoms with E-state index in [-0.39, 0.29) is 12.5 Å². The highest BCUT2D eigenvalue weighted by Gasteiger charge is 2.08. The first-order valence-electron chi connectivity index (χ1n) is 6.40. The monoisotopic (exact) mass is 270 g/mol. The maximum Gasteiger partial charge on any atom is 0.262 e. The molecule has 0 bridgehead atoms. The molecule has 0 aromatic heterocycles. The summed E-state index contributed by atoms with van der Waals surface area (Å²) >= 11 is 0. The Morgan fingerprint density at radius 3 is 2.50 bits per heavy atom. The van der Waals surface area contributed by atoms with Gasteiger partial charge in [-0.15, -0.1) is 0 Å². The summed E-state index contributed by atoms with van der Waals surface area (Å²) in [5, 5.41) is 2.77. The zero-order chi connectivity index (χ0) is 14.5. The molecule has 0 saturated heterocycles. The normalized spacial score (nSPS) is 10.1. The molecule has 0 spiro atoms. The third-order valence-corrected chi connectivity index (χ3v) is 2.96. The van der Waals surface area contributed by atoms with Crippen molar-refractivity contribution in [3.63, 3.8) is 0 Å². The van der Waals surface area contributed by atoms with E-state index in [1.807, 2.05) is 50.2 Å². The minimum Gasteiger partial charge on any atom is -0.484 e. The second-order valence-electron chi connectivity index (χ2n) is 4.69. The molecule has 0 fully saturated rings. The maximum absolute atomic E-state index is 11.9. The van der Waals surface area contributed by atoms with Gasteiger partial charge in [-0.2, -0.15) is 0 Å². The van der Waals surface area contributed by atoms with Crippen molar-refractivity contribution >= 4 is 17.3 Å². The number of carbonyl (C=O) groups is 1. The Hall–Kier alpha value is -2.49. The number of nitrogens with two attached hydrogens (primary N) is 1. The van der Waals surface area contributed by atoms with Crippen molar-refractivity contribution in [2.45, 2.75) is 13.8 Å². The van der Waals surface area contributed by atoms with Crippen LogP contribution in [0.25, 0.3) is 0 Å². The van der Waals surface area contributed by atoms with E-state index < -0.39 is 0 Å². The molecule has 2 rings (SSSR count). The predicted molar refractivity (Wildman–Crippen MR) is 80.9 cm³/mol. The minimum atomic E-state index is -0.230. The molecule has 4 nitrogen and oxygen atoms in total. The van der Waals surface area contributed by atoms with Gasteiger partial charge in [-0.1, -0.05) is 29.8 Å². The summed E-state index contributed by atoms with van der Waals surface area (Å²) in [7, 11) is 0. The van der Waals surface area contributed by atoms with E-state index in [4.69, 9.17) is 10.5 Å². The van der Waals surface area contributed by atoms with Crippen LogP contribution in [0.2, 0.25) is 0 Å². The number of carbonyl (C=O) groups excluding carboxylic acids is 1. The first kappa shape index (κ1) is 13.9. The van der Waals surface area contributed by atoms with Gasteiger partial charge in [0.15, 0.2) is 6.61 Å². The molecule has 0 aliphatic carbocycles. The molecule has 0 heterocycles. The standard InChI is InChI=1S/C16H18N2O2/c1-11-6-8-13(9-7-11)20-10-15(19)18-16-12(2)4-3-5-14(16)17/h3-9H,10,17H2,1-2H3,(H,18,19). The van der Waals surface area contributed by atoms with E-state index in [1.165, 1.54) is 0 Å². The Morgan fingerprint density at radius 1 is 1.15 bits per heavy atom. The molecule has 20 heavy (non-hydrogen) atoms. The zero-order valence-corrected chi connectivity index (χ0v) is 11.6. The van der Waals surface area contributed by atoms with Crippen molar-refractivity contribution in [1.29, 1.82) is 0 Å². The lowest BCUT2D eigenvalue weighted by atomic mass is 10.1. The molecule has 2 aromatic carbocycles. The second-order valence-corrected chi connectivity index (χ2v) is 4.69. The Kier molecular flexibility index (Phi) is 4.25. The molecule has 0 aliphatic rings. The largest absolute Gasteiger partial charge is 0.484 e. The van der Waals surface area contributed by atoms with Crippen LogP contribution in [0.15, 0.2) is 42.5 Å². The average Bonchev–Trinajstić information content (AvgIpc) is 2.42. The van der Waals surface area contributed by atoms with Crippen molar-refractivity contribution in [2.75, 3.05) is 17.7 Å². The lowest BCUT2D eigenvalue weighted by molar-refractivity contribution is -0.118. The third-order valence-electron chi connectivity index (χ3n) is 2.96. The van der Waals surface area contributed by atoms with Crippen LogP contribution in [0.5, 0.6) is 5.75 Å². The number of anilines is 2. The summed E-state index contributed by atoms with van der Waals surface area (Å²) in [6, 6.07) is 13.0. The van der Waals surface area contributed by atoms with Crippen molar-refractivity contribution in [1.82, 2.24) is 0 Å². The van der Waals surface area contributed by atoms with E-state index in [9.17, 15) is 4.79 Å². The Balaban J connectivity index is 1.94. The van der Waals surface area contributed by atoms with Crippen LogP contribution in [-0.4, -0.2) is 12.5 Å². The van der Waals surface area contributed by atoms with Crippen LogP contribution < -0.4 is 15.8 Å². The number of nitrogen functional groups attached to an aromatic ring is 1. The van der Waals surface area contributed by atoms with Gasteiger partial charge in [0.05, 0.1) is 11.4 Å². The molecule has 0 unspecified atom stereocenters. The highest BCUT2D eigenvalue weighted by molar-refractivity contribution is 5.95. The third kappa shape index (κ3) is 3.51. The Morgan fingerprint density at radius 2 is 1.85 bits per heavy atom. The number of amides is 1. The van der Waals surface area contributed by atoms with Crippen molar-refractivity contribution in [3.05, 3.63) is 53.6 Å². The van der Waals surface area contributed by atoms with Gasteiger partial charge in [0, 0.05) is 0 Å².